The Kier molecular flexibility index (Phi) is 3.75. The van der Waals surface area contributed by atoms with Crippen LogP contribution in [0.5, 0.6) is 0 Å². The highest BCUT2D eigenvalue weighted by Gasteiger charge is 2.49. The molecule has 0 atom stereocenters. The lowest BCUT2D eigenvalue weighted by molar-refractivity contribution is -0.0650. The van der Waals surface area contributed by atoms with Crippen LogP contribution in [0, 0.1) is 11.6 Å². The van der Waals surface area contributed by atoms with Crippen LogP contribution in [0.3, 0.4) is 0 Å². The topological polar surface area (TPSA) is 46.6 Å². The largest absolute Gasteiger partial charge is 0.378 e. The van der Waals surface area contributed by atoms with Crippen LogP contribution in [0.4, 0.5) is 8.78 Å². The molecule has 0 N–H and O–H groups in total. The van der Waals surface area contributed by atoms with E-state index >= 15 is 0 Å². The van der Waals surface area contributed by atoms with Crippen molar-refractivity contribution in [3.63, 3.8) is 0 Å². The molecule has 2 fully saturated rings. The minimum absolute atomic E-state index is 0.248. The third-order valence-electron chi connectivity index (χ3n) is 4.35. The highest BCUT2D eigenvalue weighted by Crippen LogP contribution is 2.41. The van der Waals surface area contributed by atoms with Gasteiger partial charge >= 0.3 is 0 Å². The summed E-state index contributed by atoms with van der Waals surface area (Å²) in [5.41, 5.74) is -0.891. The maximum Gasteiger partial charge on any atom is 0.219 e. The number of halogens is 2. The van der Waals surface area contributed by atoms with Crippen molar-refractivity contribution in [2.45, 2.75) is 30.6 Å². The first-order valence-corrected chi connectivity index (χ1v) is 8.57. The minimum Gasteiger partial charge on any atom is -0.378 e. The van der Waals surface area contributed by atoms with Gasteiger partial charge in [0, 0.05) is 12.1 Å². The fourth-order valence-electron chi connectivity index (χ4n) is 3.06. The van der Waals surface area contributed by atoms with E-state index in [1.807, 2.05) is 0 Å². The molecule has 1 saturated carbocycles. The Morgan fingerprint density at radius 2 is 1.90 bits per heavy atom. The molecule has 1 saturated heterocycles. The molecule has 0 aromatic heterocycles. The van der Waals surface area contributed by atoms with Gasteiger partial charge in [-0.1, -0.05) is 6.07 Å². The van der Waals surface area contributed by atoms with Gasteiger partial charge in [0.1, 0.15) is 11.6 Å². The molecule has 116 valence electrons. The van der Waals surface area contributed by atoms with Crippen LogP contribution in [0.25, 0.3) is 0 Å². The number of sulfonamides is 1. The standard InChI is InChI=1S/C14H17F2NO3S/c15-12-3-1-4-13(16)11(12)9-21(18,19)17-7-8-20-10-14(17)5-2-6-14/h1,3-4H,2,5-10H2. The van der Waals surface area contributed by atoms with Crippen molar-refractivity contribution >= 4 is 10.0 Å². The van der Waals surface area contributed by atoms with E-state index < -0.39 is 38.5 Å². The minimum atomic E-state index is -3.78. The monoisotopic (exact) mass is 317 g/mol. The fraction of sp³-hybridized carbons (Fsp3) is 0.571. The van der Waals surface area contributed by atoms with Gasteiger partial charge in [0.2, 0.25) is 10.0 Å². The van der Waals surface area contributed by atoms with Crippen molar-refractivity contribution in [2.75, 3.05) is 19.8 Å². The Hall–Kier alpha value is -1.05. The van der Waals surface area contributed by atoms with E-state index in [0.717, 1.165) is 31.4 Å². The average Bonchev–Trinajstić information content (AvgIpc) is 2.41. The molecule has 4 nitrogen and oxygen atoms in total. The molecular weight excluding hydrogens is 300 g/mol. The van der Waals surface area contributed by atoms with Crippen LogP contribution in [-0.2, 0) is 20.5 Å². The summed E-state index contributed by atoms with van der Waals surface area (Å²) in [5.74, 6) is -2.29. The SMILES string of the molecule is O=S(=O)(Cc1c(F)cccc1F)N1CCOCC12CCC2. The summed E-state index contributed by atoms with van der Waals surface area (Å²) < 4.78 is 59.4. The van der Waals surface area contributed by atoms with Crippen molar-refractivity contribution in [3.05, 3.63) is 35.4 Å². The quantitative estimate of drug-likeness (QED) is 0.857. The molecule has 1 aliphatic heterocycles. The molecule has 1 aromatic carbocycles. The van der Waals surface area contributed by atoms with Crippen LogP contribution < -0.4 is 0 Å². The van der Waals surface area contributed by atoms with E-state index in [4.69, 9.17) is 4.74 Å². The predicted octanol–water partition coefficient (Wildman–Crippen LogP) is 2.05. The van der Waals surface area contributed by atoms with Gasteiger partial charge in [-0.15, -0.1) is 0 Å². The molecule has 0 radical (unpaired) electrons. The van der Waals surface area contributed by atoms with Crippen LogP contribution in [0.2, 0.25) is 0 Å². The molecule has 3 rings (SSSR count). The second kappa shape index (κ2) is 5.30. The third kappa shape index (κ3) is 2.58. The van der Waals surface area contributed by atoms with E-state index in [-0.39, 0.29) is 6.54 Å². The van der Waals surface area contributed by atoms with Crippen molar-refractivity contribution in [3.8, 4) is 0 Å². The summed E-state index contributed by atoms with van der Waals surface area (Å²) in [5, 5.41) is 0. The Morgan fingerprint density at radius 3 is 2.48 bits per heavy atom. The smallest absolute Gasteiger partial charge is 0.219 e. The molecule has 0 bridgehead atoms. The molecular formula is C14H17F2NO3S. The Bertz CT molecular complexity index is 623. The first-order chi connectivity index (χ1) is 9.95. The lowest BCUT2D eigenvalue weighted by Gasteiger charge is -2.51. The first-order valence-electron chi connectivity index (χ1n) is 6.96. The second-order valence-electron chi connectivity index (χ2n) is 5.66. The van der Waals surface area contributed by atoms with Gasteiger partial charge in [0.05, 0.1) is 24.5 Å². The van der Waals surface area contributed by atoms with Crippen LogP contribution >= 0.6 is 0 Å². The maximum absolute atomic E-state index is 13.7. The maximum atomic E-state index is 13.7. The summed E-state index contributed by atoms with van der Waals surface area (Å²) in [6.07, 6.45) is 2.43. The molecule has 1 spiro atoms. The van der Waals surface area contributed by atoms with E-state index in [1.165, 1.54) is 10.4 Å². The third-order valence-corrected chi connectivity index (χ3v) is 6.24. The predicted molar refractivity (Wildman–Crippen MR) is 73.1 cm³/mol. The lowest BCUT2D eigenvalue weighted by Crippen LogP contribution is -2.62. The summed E-state index contributed by atoms with van der Waals surface area (Å²) in [7, 11) is -3.78. The highest BCUT2D eigenvalue weighted by molar-refractivity contribution is 7.88. The first kappa shape index (κ1) is 14.9. The zero-order chi connectivity index (χ0) is 15.1. The Balaban J connectivity index is 1.90. The van der Waals surface area contributed by atoms with Crippen LogP contribution in [-0.4, -0.2) is 38.0 Å². The molecule has 21 heavy (non-hydrogen) atoms. The van der Waals surface area contributed by atoms with Crippen molar-refractivity contribution in [1.29, 1.82) is 0 Å². The number of rotatable bonds is 3. The summed E-state index contributed by atoms with van der Waals surface area (Å²) in [6, 6.07) is 3.38. The van der Waals surface area contributed by atoms with Crippen molar-refractivity contribution in [2.24, 2.45) is 0 Å². The second-order valence-corrected chi connectivity index (χ2v) is 7.55. The van der Waals surface area contributed by atoms with Gasteiger partial charge in [-0.3, -0.25) is 0 Å². The van der Waals surface area contributed by atoms with Gasteiger partial charge < -0.3 is 4.74 Å². The van der Waals surface area contributed by atoms with Crippen molar-refractivity contribution < 1.29 is 21.9 Å². The lowest BCUT2D eigenvalue weighted by atomic mass is 9.77. The normalized spacial score (nSPS) is 22.2. The van der Waals surface area contributed by atoms with Gasteiger partial charge in [-0.05, 0) is 31.4 Å². The van der Waals surface area contributed by atoms with Gasteiger partial charge in [0.25, 0.3) is 0 Å². The number of hydrogen-bond acceptors (Lipinski definition) is 3. The van der Waals surface area contributed by atoms with E-state index in [2.05, 4.69) is 0 Å². The number of ether oxygens (including phenoxy) is 1. The molecule has 0 amide bonds. The molecule has 7 heteroatoms. The van der Waals surface area contributed by atoms with E-state index in [9.17, 15) is 17.2 Å². The van der Waals surface area contributed by atoms with Gasteiger partial charge in [0.15, 0.2) is 0 Å². The number of hydrogen-bond donors (Lipinski definition) is 0. The number of morpholine rings is 1. The summed E-state index contributed by atoms with van der Waals surface area (Å²) in [6.45, 7) is 0.936. The number of nitrogens with zero attached hydrogens (tertiary/aromatic N) is 1. The van der Waals surface area contributed by atoms with Crippen LogP contribution in [0.15, 0.2) is 18.2 Å². The van der Waals surface area contributed by atoms with Crippen molar-refractivity contribution in [1.82, 2.24) is 4.31 Å². The molecule has 2 aliphatic rings. The van der Waals surface area contributed by atoms with E-state index in [1.54, 1.807) is 0 Å². The fourth-order valence-corrected chi connectivity index (χ4v) is 5.04. The zero-order valence-electron chi connectivity index (χ0n) is 11.5. The molecule has 1 aromatic rings. The Labute approximate surface area is 122 Å². The molecule has 0 unspecified atom stereocenters. The highest BCUT2D eigenvalue weighted by atomic mass is 32.2. The molecule has 1 aliphatic carbocycles. The molecule has 1 heterocycles. The zero-order valence-corrected chi connectivity index (χ0v) is 12.3. The van der Waals surface area contributed by atoms with Gasteiger partial charge in [-0.25, -0.2) is 17.2 Å². The average molecular weight is 317 g/mol. The van der Waals surface area contributed by atoms with E-state index in [0.29, 0.717) is 13.2 Å². The number of benzene rings is 1. The summed E-state index contributed by atoms with van der Waals surface area (Å²) >= 11 is 0. The van der Waals surface area contributed by atoms with Gasteiger partial charge in [-0.2, -0.15) is 4.31 Å². The van der Waals surface area contributed by atoms with Crippen LogP contribution in [0.1, 0.15) is 24.8 Å². The summed E-state index contributed by atoms with van der Waals surface area (Å²) in [4.78, 5) is 0. The Morgan fingerprint density at radius 1 is 1.24 bits per heavy atom.